The minimum absolute atomic E-state index is 0.0931. The van der Waals surface area contributed by atoms with Crippen LogP contribution in [0.4, 0.5) is 4.39 Å². The standard InChI is InChI=1S/C13H19ClFN/c1-3-9(2)6-11(16)7-10-4-5-12(14)13(15)8-10/h4-5,8-9,11H,3,6-7,16H2,1-2H3. The van der Waals surface area contributed by atoms with Crippen molar-refractivity contribution in [3.05, 3.63) is 34.6 Å². The third-order valence-corrected chi connectivity index (χ3v) is 3.19. The van der Waals surface area contributed by atoms with Gasteiger partial charge in [-0.25, -0.2) is 4.39 Å². The molecule has 0 spiro atoms. The zero-order valence-electron chi connectivity index (χ0n) is 9.84. The molecule has 2 N–H and O–H groups in total. The van der Waals surface area contributed by atoms with Crippen molar-refractivity contribution in [3.8, 4) is 0 Å². The molecule has 16 heavy (non-hydrogen) atoms. The van der Waals surface area contributed by atoms with E-state index in [0.717, 1.165) is 18.4 Å². The molecular weight excluding hydrogens is 225 g/mol. The molecule has 90 valence electrons. The predicted octanol–water partition coefficient (Wildman–Crippen LogP) is 3.79. The summed E-state index contributed by atoms with van der Waals surface area (Å²) in [4.78, 5) is 0. The van der Waals surface area contributed by atoms with Gasteiger partial charge in [-0.3, -0.25) is 0 Å². The lowest BCUT2D eigenvalue weighted by atomic mass is 9.95. The largest absolute Gasteiger partial charge is 0.327 e. The fourth-order valence-corrected chi connectivity index (χ4v) is 1.85. The third kappa shape index (κ3) is 4.11. The Bertz CT molecular complexity index is 341. The Morgan fingerprint density at radius 3 is 2.69 bits per heavy atom. The fraction of sp³-hybridized carbons (Fsp3) is 0.538. The fourth-order valence-electron chi connectivity index (χ4n) is 1.74. The Hall–Kier alpha value is -0.600. The second-order valence-corrected chi connectivity index (χ2v) is 4.87. The first-order chi connectivity index (χ1) is 7.52. The first-order valence-corrected chi connectivity index (χ1v) is 6.10. The molecule has 1 aromatic carbocycles. The van der Waals surface area contributed by atoms with Gasteiger partial charge in [0, 0.05) is 6.04 Å². The van der Waals surface area contributed by atoms with Crippen LogP contribution < -0.4 is 5.73 Å². The molecule has 0 radical (unpaired) electrons. The lowest BCUT2D eigenvalue weighted by Crippen LogP contribution is -2.25. The minimum Gasteiger partial charge on any atom is -0.327 e. The molecule has 0 aliphatic heterocycles. The molecule has 0 aromatic heterocycles. The maximum atomic E-state index is 13.2. The summed E-state index contributed by atoms with van der Waals surface area (Å²) >= 11 is 5.62. The van der Waals surface area contributed by atoms with Crippen molar-refractivity contribution in [3.63, 3.8) is 0 Å². The highest BCUT2D eigenvalue weighted by Crippen LogP contribution is 2.18. The highest BCUT2D eigenvalue weighted by Gasteiger charge is 2.09. The molecule has 2 atom stereocenters. The van der Waals surface area contributed by atoms with Gasteiger partial charge in [-0.05, 0) is 36.5 Å². The van der Waals surface area contributed by atoms with Crippen LogP contribution >= 0.6 is 11.6 Å². The van der Waals surface area contributed by atoms with Crippen LogP contribution in [0, 0.1) is 11.7 Å². The van der Waals surface area contributed by atoms with Gasteiger partial charge in [-0.15, -0.1) is 0 Å². The van der Waals surface area contributed by atoms with E-state index >= 15 is 0 Å². The first kappa shape index (κ1) is 13.5. The number of nitrogens with two attached hydrogens (primary N) is 1. The van der Waals surface area contributed by atoms with Crippen molar-refractivity contribution in [1.29, 1.82) is 0 Å². The highest BCUT2D eigenvalue weighted by molar-refractivity contribution is 6.30. The van der Waals surface area contributed by atoms with E-state index in [2.05, 4.69) is 13.8 Å². The van der Waals surface area contributed by atoms with Crippen LogP contribution in [-0.2, 0) is 6.42 Å². The lowest BCUT2D eigenvalue weighted by molar-refractivity contribution is 0.450. The summed E-state index contributed by atoms with van der Waals surface area (Å²) < 4.78 is 13.2. The smallest absolute Gasteiger partial charge is 0.142 e. The van der Waals surface area contributed by atoms with Gasteiger partial charge in [0.1, 0.15) is 5.82 Å². The van der Waals surface area contributed by atoms with Crippen LogP contribution in [0.15, 0.2) is 18.2 Å². The molecule has 1 nitrogen and oxygen atoms in total. The summed E-state index contributed by atoms with van der Waals surface area (Å²) in [5.41, 5.74) is 6.93. The van der Waals surface area contributed by atoms with Gasteiger partial charge in [0.15, 0.2) is 0 Å². The zero-order chi connectivity index (χ0) is 12.1. The normalized spacial score (nSPS) is 14.8. The number of rotatable bonds is 5. The van der Waals surface area contributed by atoms with E-state index in [4.69, 9.17) is 17.3 Å². The summed E-state index contributed by atoms with van der Waals surface area (Å²) in [6.45, 7) is 4.33. The van der Waals surface area contributed by atoms with Crippen LogP contribution in [0.3, 0.4) is 0 Å². The van der Waals surface area contributed by atoms with Gasteiger partial charge in [0.05, 0.1) is 5.02 Å². The summed E-state index contributed by atoms with van der Waals surface area (Å²) in [7, 11) is 0. The van der Waals surface area contributed by atoms with Gasteiger partial charge in [-0.1, -0.05) is 37.9 Å². The number of benzene rings is 1. The van der Waals surface area contributed by atoms with Gasteiger partial charge in [0.25, 0.3) is 0 Å². The zero-order valence-corrected chi connectivity index (χ0v) is 10.6. The minimum atomic E-state index is -0.366. The predicted molar refractivity (Wildman–Crippen MR) is 67.2 cm³/mol. The van der Waals surface area contributed by atoms with Gasteiger partial charge in [0.2, 0.25) is 0 Å². The molecular formula is C13H19ClFN. The molecule has 0 aliphatic carbocycles. The SMILES string of the molecule is CCC(C)CC(N)Cc1ccc(Cl)c(F)c1. The van der Waals surface area contributed by atoms with E-state index in [1.54, 1.807) is 6.07 Å². The second-order valence-electron chi connectivity index (χ2n) is 4.46. The average Bonchev–Trinajstić information content (AvgIpc) is 2.23. The van der Waals surface area contributed by atoms with Crippen molar-refractivity contribution in [2.24, 2.45) is 11.7 Å². The summed E-state index contributed by atoms with van der Waals surface area (Å²) in [6.07, 6.45) is 2.81. The summed E-state index contributed by atoms with van der Waals surface area (Å²) in [5, 5.41) is 0.166. The third-order valence-electron chi connectivity index (χ3n) is 2.88. The summed E-state index contributed by atoms with van der Waals surface area (Å²) in [5.74, 6) is 0.252. The van der Waals surface area contributed by atoms with Crippen molar-refractivity contribution in [1.82, 2.24) is 0 Å². The van der Waals surface area contributed by atoms with Crippen LogP contribution in [0.1, 0.15) is 32.3 Å². The molecule has 0 bridgehead atoms. The van der Waals surface area contributed by atoms with Crippen LogP contribution in [0.5, 0.6) is 0 Å². The number of hydrogen-bond acceptors (Lipinski definition) is 1. The summed E-state index contributed by atoms with van der Waals surface area (Å²) in [6, 6.07) is 4.98. The van der Waals surface area contributed by atoms with E-state index < -0.39 is 0 Å². The number of hydrogen-bond donors (Lipinski definition) is 1. The average molecular weight is 244 g/mol. The molecule has 2 unspecified atom stereocenters. The van der Waals surface area contributed by atoms with Gasteiger partial charge in [-0.2, -0.15) is 0 Å². The Morgan fingerprint density at radius 1 is 1.44 bits per heavy atom. The van der Waals surface area contributed by atoms with Crippen molar-refractivity contribution >= 4 is 11.6 Å². The van der Waals surface area contributed by atoms with E-state index in [-0.39, 0.29) is 16.9 Å². The van der Waals surface area contributed by atoms with Crippen molar-refractivity contribution in [2.45, 2.75) is 39.2 Å². The lowest BCUT2D eigenvalue weighted by Gasteiger charge is -2.16. The monoisotopic (exact) mass is 243 g/mol. The topological polar surface area (TPSA) is 26.0 Å². The van der Waals surface area contributed by atoms with E-state index in [9.17, 15) is 4.39 Å². The van der Waals surface area contributed by atoms with Crippen LogP contribution in [-0.4, -0.2) is 6.04 Å². The van der Waals surface area contributed by atoms with Crippen LogP contribution in [0.2, 0.25) is 5.02 Å². The van der Waals surface area contributed by atoms with Crippen molar-refractivity contribution in [2.75, 3.05) is 0 Å². The molecule has 0 saturated heterocycles. The van der Waals surface area contributed by atoms with E-state index in [1.165, 1.54) is 6.07 Å². The Balaban J connectivity index is 2.56. The van der Waals surface area contributed by atoms with E-state index in [1.807, 2.05) is 6.07 Å². The first-order valence-electron chi connectivity index (χ1n) is 5.72. The Labute approximate surface area is 102 Å². The van der Waals surface area contributed by atoms with Gasteiger partial charge < -0.3 is 5.73 Å². The number of halogens is 2. The molecule has 0 amide bonds. The molecule has 3 heteroatoms. The molecule has 0 fully saturated rings. The maximum absolute atomic E-state index is 13.2. The Morgan fingerprint density at radius 2 is 2.12 bits per heavy atom. The van der Waals surface area contributed by atoms with Crippen molar-refractivity contribution < 1.29 is 4.39 Å². The van der Waals surface area contributed by atoms with E-state index in [0.29, 0.717) is 12.3 Å². The van der Waals surface area contributed by atoms with Crippen LogP contribution in [0.25, 0.3) is 0 Å². The second kappa shape index (κ2) is 6.21. The van der Waals surface area contributed by atoms with Gasteiger partial charge >= 0.3 is 0 Å². The molecule has 0 aliphatic rings. The highest BCUT2D eigenvalue weighted by atomic mass is 35.5. The maximum Gasteiger partial charge on any atom is 0.142 e. The molecule has 1 aromatic rings. The molecule has 0 saturated carbocycles. The quantitative estimate of drug-likeness (QED) is 0.837. The molecule has 0 heterocycles. The molecule has 1 rings (SSSR count). The Kier molecular flexibility index (Phi) is 5.23.